The van der Waals surface area contributed by atoms with Crippen LogP contribution in [-0.4, -0.2) is 118 Å². The number of carboxylic acids is 2. The minimum absolute atomic E-state index is 0.375. The third-order valence-electron chi connectivity index (χ3n) is 8.83. The van der Waals surface area contributed by atoms with Crippen LogP contribution < -0.4 is 22.1 Å². The van der Waals surface area contributed by atoms with Gasteiger partial charge in [-0.05, 0) is 38.8 Å². The molecule has 4 aliphatic rings. The molecule has 0 saturated carbocycles. The van der Waals surface area contributed by atoms with Crippen LogP contribution in [0.4, 0.5) is 0 Å². The van der Waals surface area contributed by atoms with Crippen molar-refractivity contribution in [1.29, 1.82) is 0 Å². The lowest BCUT2D eigenvalue weighted by Gasteiger charge is -2.43. The van der Waals surface area contributed by atoms with Gasteiger partial charge in [-0.2, -0.15) is 8.42 Å². The minimum atomic E-state index is -4.67. The Kier molecular flexibility index (Phi) is 12.2. The Morgan fingerprint density at radius 3 is 1.23 bits per heavy atom. The zero-order chi connectivity index (χ0) is 39.8. The van der Waals surface area contributed by atoms with E-state index < -0.39 is 79.9 Å². The van der Waals surface area contributed by atoms with Gasteiger partial charge in [0.15, 0.2) is 0 Å². The van der Waals surface area contributed by atoms with Crippen molar-refractivity contribution in [2.75, 3.05) is 0 Å². The number of fused-ring (bicyclic) bond motifs is 2. The number of thioether (sulfide) groups is 2. The summed E-state index contributed by atoms with van der Waals surface area (Å²) in [5.74, 6) is -3.71. The predicted octanol–water partition coefficient (Wildman–Crippen LogP) is -0.0166. The fraction of sp³-hybridized carbons (Fsp3) is 0.438. The Balaban J connectivity index is 0.000000210. The van der Waals surface area contributed by atoms with Gasteiger partial charge in [-0.25, -0.2) is 9.59 Å². The summed E-state index contributed by atoms with van der Waals surface area (Å²) in [5, 5.41) is 23.3. The largest absolute Gasteiger partial charge is 0.480 e. The number of β-lactam (4-membered cyclic amide) rings is 2. The molecule has 0 spiro atoms. The first-order valence-electron chi connectivity index (χ1n) is 15.8. The summed E-state index contributed by atoms with van der Waals surface area (Å²) in [6, 6.07) is 12.8. The molecule has 6 rings (SSSR count). The first-order valence-corrected chi connectivity index (χ1v) is 19.0. The maximum Gasteiger partial charge on any atom is 0.394 e. The summed E-state index contributed by atoms with van der Waals surface area (Å²) in [6.45, 7) is 7.15. The van der Waals surface area contributed by atoms with E-state index in [4.69, 9.17) is 29.0 Å². The molecule has 10 N–H and O–H groups in total. The SMILES string of the molecule is CC1(C)S[C@@H]2[C@H](NC(=O)[C@H](N)c3ccccc3)C(=O)N2[C@H]1C(=O)O.CC1(C)S[C@@H]2[C@H](NC(=O)[C@H](N)c3ccccc3)C(=O)N2[C@H]1C(=O)O.O=S(=O)(O)O. The molecule has 2 aromatic rings. The number of nitrogens with one attached hydrogen (secondary N) is 2. The molecule has 4 heterocycles. The number of carbonyl (C=O) groups is 6. The summed E-state index contributed by atoms with van der Waals surface area (Å²) >= 11 is 2.77. The molecule has 0 unspecified atom stereocenters. The Morgan fingerprint density at radius 1 is 0.679 bits per heavy atom. The van der Waals surface area contributed by atoms with Gasteiger partial charge in [-0.3, -0.25) is 28.3 Å². The van der Waals surface area contributed by atoms with E-state index in [9.17, 15) is 39.0 Å². The predicted molar refractivity (Wildman–Crippen MR) is 192 cm³/mol. The van der Waals surface area contributed by atoms with E-state index in [0.29, 0.717) is 11.1 Å². The van der Waals surface area contributed by atoms with Crippen LogP contribution in [0.1, 0.15) is 50.9 Å². The Bertz CT molecular complexity index is 1740. The first-order chi connectivity index (χ1) is 24.5. The Morgan fingerprint density at radius 2 is 0.962 bits per heavy atom. The van der Waals surface area contributed by atoms with Crippen molar-refractivity contribution in [2.24, 2.45) is 11.5 Å². The van der Waals surface area contributed by atoms with E-state index in [2.05, 4.69) is 10.6 Å². The number of carbonyl (C=O) groups excluding carboxylic acids is 4. The lowest BCUT2D eigenvalue weighted by Crippen LogP contribution is -2.71. The fourth-order valence-corrected chi connectivity index (χ4v) is 9.65. The molecule has 21 heteroatoms. The summed E-state index contributed by atoms with van der Waals surface area (Å²) in [7, 11) is -4.67. The van der Waals surface area contributed by atoms with Gasteiger partial charge < -0.3 is 42.1 Å². The average Bonchev–Trinajstić information content (AvgIpc) is 3.49. The van der Waals surface area contributed by atoms with E-state index in [1.165, 1.54) is 33.3 Å². The van der Waals surface area contributed by atoms with Crippen LogP contribution in [0.2, 0.25) is 0 Å². The molecule has 4 fully saturated rings. The van der Waals surface area contributed by atoms with Gasteiger partial charge in [0.05, 0.1) is 0 Å². The second-order valence-electron chi connectivity index (χ2n) is 13.4. The zero-order valence-corrected chi connectivity index (χ0v) is 31.2. The standard InChI is InChI=1S/2C16H19N3O4S.H2O4S/c2*1-16(2)11(15(22)23)19-13(21)10(14(19)24-16)18-12(20)9(17)8-6-4-3-5-7-8;1-5(2,3)4/h2*3-7,9-11,14H,17H2,1-2H3,(H,18,20)(H,22,23);(H2,1,2,3,4)/t2*9-,10-,11+,14-;/m11./s1. The average molecular weight is 797 g/mol. The number of hydrogen-bond acceptors (Lipinski definition) is 12. The molecule has 4 saturated heterocycles. The number of nitrogens with zero attached hydrogens (tertiary/aromatic N) is 2. The van der Waals surface area contributed by atoms with E-state index in [0.717, 1.165) is 0 Å². The van der Waals surface area contributed by atoms with Crippen molar-refractivity contribution in [3.63, 3.8) is 0 Å². The molecule has 0 aromatic heterocycles. The topological polar surface area (TPSA) is 300 Å². The van der Waals surface area contributed by atoms with Crippen LogP contribution in [0.3, 0.4) is 0 Å². The molecule has 288 valence electrons. The van der Waals surface area contributed by atoms with Crippen LogP contribution in [0, 0.1) is 0 Å². The second kappa shape index (κ2) is 15.6. The number of nitrogens with two attached hydrogens (primary N) is 2. The third-order valence-corrected chi connectivity index (χ3v) is 12.0. The van der Waals surface area contributed by atoms with Gasteiger partial charge >= 0.3 is 22.3 Å². The summed E-state index contributed by atoms with van der Waals surface area (Å²) in [5.41, 5.74) is 13.2. The summed E-state index contributed by atoms with van der Waals surface area (Å²) < 4.78 is 30.3. The van der Waals surface area contributed by atoms with E-state index in [-0.39, 0.29) is 22.6 Å². The molecular formula is C32H40N6O12S3. The second-order valence-corrected chi connectivity index (χ2v) is 17.8. The minimum Gasteiger partial charge on any atom is -0.480 e. The van der Waals surface area contributed by atoms with E-state index >= 15 is 0 Å². The number of hydrogen-bond donors (Lipinski definition) is 8. The Hall–Kier alpha value is -4.25. The molecule has 0 radical (unpaired) electrons. The monoisotopic (exact) mass is 796 g/mol. The normalized spacial score (nSPS) is 27.1. The number of aliphatic carboxylic acids is 2. The van der Waals surface area contributed by atoms with Crippen molar-refractivity contribution < 1.29 is 56.5 Å². The van der Waals surface area contributed by atoms with Crippen molar-refractivity contribution in [3.05, 3.63) is 71.8 Å². The van der Waals surface area contributed by atoms with Crippen molar-refractivity contribution in [3.8, 4) is 0 Å². The molecule has 8 atom stereocenters. The first kappa shape index (κ1) is 41.5. The molecule has 4 amide bonds. The zero-order valence-electron chi connectivity index (χ0n) is 28.7. The maximum absolute atomic E-state index is 12.3. The highest BCUT2D eigenvalue weighted by Crippen LogP contribution is 2.52. The molecule has 2 aromatic carbocycles. The lowest BCUT2D eigenvalue weighted by molar-refractivity contribution is -0.161. The fourth-order valence-electron chi connectivity index (χ4n) is 6.40. The van der Waals surface area contributed by atoms with E-state index in [1.807, 2.05) is 12.1 Å². The smallest absolute Gasteiger partial charge is 0.394 e. The lowest BCUT2D eigenvalue weighted by atomic mass is 9.95. The number of benzene rings is 2. The highest BCUT2D eigenvalue weighted by molar-refractivity contribution is 8.02. The highest BCUT2D eigenvalue weighted by atomic mass is 32.3. The third kappa shape index (κ3) is 8.94. The van der Waals surface area contributed by atoms with Crippen LogP contribution in [-0.2, 0) is 39.2 Å². The van der Waals surface area contributed by atoms with Crippen molar-refractivity contribution in [1.82, 2.24) is 20.4 Å². The molecular weight excluding hydrogens is 757 g/mol. The number of carboxylic acid groups (broad SMARTS) is 2. The quantitative estimate of drug-likeness (QED) is 0.129. The summed E-state index contributed by atoms with van der Waals surface area (Å²) in [6.07, 6.45) is 0. The van der Waals surface area contributed by atoms with Gasteiger partial charge in [-0.15, -0.1) is 23.5 Å². The van der Waals surface area contributed by atoms with Crippen LogP contribution in [0.5, 0.6) is 0 Å². The number of rotatable bonds is 8. The van der Waals surface area contributed by atoms with Crippen molar-refractivity contribution in [2.45, 2.75) is 84.2 Å². The van der Waals surface area contributed by atoms with Gasteiger partial charge in [0.1, 0.15) is 47.0 Å². The van der Waals surface area contributed by atoms with Crippen molar-refractivity contribution >= 4 is 69.5 Å². The molecule has 4 aliphatic heterocycles. The van der Waals surface area contributed by atoms with Gasteiger partial charge in [0.2, 0.25) is 23.6 Å². The Labute approximate surface area is 313 Å². The molecule has 0 aliphatic carbocycles. The van der Waals surface area contributed by atoms with Crippen LogP contribution in [0.15, 0.2) is 60.7 Å². The van der Waals surface area contributed by atoms with Gasteiger partial charge in [0.25, 0.3) is 0 Å². The molecule has 0 bridgehead atoms. The van der Waals surface area contributed by atoms with Gasteiger partial charge in [-0.1, -0.05) is 60.7 Å². The maximum atomic E-state index is 12.3. The highest BCUT2D eigenvalue weighted by Gasteiger charge is 2.65. The van der Waals surface area contributed by atoms with E-state index in [1.54, 1.807) is 76.2 Å². The number of amides is 4. The molecule has 18 nitrogen and oxygen atoms in total. The van der Waals surface area contributed by atoms with Gasteiger partial charge in [0, 0.05) is 9.49 Å². The van der Waals surface area contributed by atoms with Crippen LogP contribution >= 0.6 is 23.5 Å². The molecule has 53 heavy (non-hydrogen) atoms. The van der Waals surface area contributed by atoms with Crippen LogP contribution in [0.25, 0.3) is 0 Å². The summed E-state index contributed by atoms with van der Waals surface area (Å²) in [4.78, 5) is 74.9.